The molecule has 1 unspecified atom stereocenters. The van der Waals surface area contributed by atoms with E-state index in [2.05, 4.69) is 0 Å². The minimum absolute atomic E-state index is 0.0990. The van der Waals surface area contributed by atoms with Gasteiger partial charge in [0.1, 0.15) is 10.6 Å². The second kappa shape index (κ2) is 10.3. The number of aliphatic hydroxyl groups excluding tert-OH is 1. The van der Waals surface area contributed by atoms with Gasteiger partial charge < -0.3 is 10.0 Å². The number of carbonyl (C=O) groups excluding carboxylic acids is 1. The van der Waals surface area contributed by atoms with E-state index in [1.165, 1.54) is 4.90 Å². The van der Waals surface area contributed by atoms with Crippen LogP contribution in [0.15, 0.2) is 53.4 Å². The third-order valence-corrected chi connectivity index (χ3v) is 10.3. The average Bonchev–Trinajstić information content (AvgIpc) is 3.35. The van der Waals surface area contributed by atoms with Gasteiger partial charge in [0.25, 0.3) is 0 Å². The number of halogens is 8. The Morgan fingerprint density at radius 2 is 1.38 bits per heavy atom. The monoisotopic (exact) mass is 599 g/mol. The summed E-state index contributed by atoms with van der Waals surface area (Å²) < 4.78 is 134. The number of likely N-dealkylation sites (tertiary alicyclic amines) is 1. The molecule has 40 heavy (non-hydrogen) atoms. The maximum atomic E-state index is 14.6. The summed E-state index contributed by atoms with van der Waals surface area (Å²) in [6.07, 6.45) is -12.1. The van der Waals surface area contributed by atoms with Crippen LogP contribution >= 0.6 is 0 Å². The number of benzene rings is 2. The third-order valence-electron chi connectivity index (χ3n) is 7.82. The predicted molar refractivity (Wildman–Crippen MR) is 126 cm³/mol. The van der Waals surface area contributed by atoms with Crippen molar-refractivity contribution in [3.05, 3.63) is 65.5 Å². The van der Waals surface area contributed by atoms with Gasteiger partial charge in [0.15, 0.2) is 9.84 Å². The van der Waals surface area contributed by atoms with Gasteiger partial charge in [0, 0.05) is 24.6 Å². The first kappa shape index (κ1) is 30.2. The Labute approximate surface area is 224 Å². The minimum Gasteiger partial charge on any atom is -0.393 e. The highest BCUT2D eigenvalue weighted by Gasteiger charge is 2.73. The molecule has 0 spiro atoms. The van der Waals surface area contributed by atoms with Crippen LogP contribution in [0.4, 0.5) is 35.1 Å². The molecule has 1 heterocycles. The third kappa shape index (κ3) is 4.97. The largest absolute Gasteiger partial charge is 0.435 e. The quantitative estimate of drug-likeness (QED) is 0.361. The van der Waals surface area contributed by atoms with Gasteiger partial charge in [0.2, 0.25) is 5.91 Å². The second-order valence-electron chi connectivity index (χ2n) is 10.2. The normalized spacial score (nSPS) is 24.8. The van der Waals surface area contributed by atoms with E-state index in [9.17, 15) is 53.4 Å². The van der Waals surface area contributed by atoms with Gasteiger partial charge in [-0.1, -0.05) is 24.3 Å². The van der Waals surface area contributed by atoms with E-state index >= 15 is 0 Å². The standard InChI is InChI=1S/C26H25F8NO4S/c27-19-7-11-21(12-8-19)40(38,39)23(13-14-35(15-23)22(37)16-1-9-20(36)10-2-16)17-3-5-18(6-4-17)24(28,25(29,30)31)26(32,33)34/h3-8,11-12,16,20,36H,1-2,9-10,13-15H2. The summed E-state index contributed by atoms with van der Waals surface area (Å²) in [5.41, 5.74) is -7.73. The molecule has 2 fully saturated rings. The number of aliphatic hydroxyl groups is 1. The molecule has 1 aliphatic carbocycles. The Bertz CT molecular complexity index is 1320. The molecule has 2 aromatic carbocycles. The number of nitrogens with zero attached hydrogens (tertiary/aromatic N) is 1. The molecule has 2 aromatic rings. The lowest BCUT2D eigenvalue weighted by atomic mass is 9.86. The zero-order valence-corrected chi connectivity index (χ0v) is 21.6. The molecular weight excluding hydrogens is 574 g/mol. The molecular formula is C26H25F8NO4S. The molecule has 220 valence electrons. The Morgan fingerprint density at radius 1 is 0.850 bits per heavy atom. The number of hydrogen-bond acceptors (Lipinski definition) is 4. The van der Waals surface area contributed by atoms with Crippen molar-refractivity contribution < 1.29 is 53.4 Å². The van der Waals surface area contributed by atoms with Crippen LogP contribution in [0.3, 0.4) is 0 Å². The zero-order chi connectivity index (χ0) is 29.7. The number of sulfone groups is 1. The smallest absolute Gasteiger partial charge is 0.393 e. The van der Waals surface area contributed by atoms with E-state index in [0.717, 1.165) is 24.3 Å². The SMILES string of the molecule is O=C(C1CCC(O)CC1)N1CCC(c2ccc(C(F)(C(F)(F)F)C(F)(F)F)cc2)(S(=O)(=O)c2ccc(F)cc2)C1. The molecule has 1 aliphatic heterocycles. The number of rotatable bonds is 5. The van der Waals surface area contributed by atoms with Crippen molar-refractivity contribution in [3.63, 3.8) is 0 Å². The van der Waals surface area contributed by atoms with Crippen molar-refractivity contribution in [1.29, 1.82) is 0 Å². The summed E-state index contributed by atoms with van der Waals surface area (Å²) >= 11 is 0. The van der Waals surface area contributed by atoms with Crippen LogP contribution < -0.4 is 0 Å². The maximum absolute atomic E-state index is 14.6. The molecule has 1 atom stereocenters. The first-order valence-electron chi connectivity index (χ1n) is 12.3. The summed E-state index contributed by atoms with van der Waals surface area (Å²) in [6.45, 7) is -0.582. The molecule has 5 nitrogen and oxygen atoms in total. The lowest BCUT2D eigenvalue weighted by Gasteiger charge is -2.33. The molecule has 0 aromatic heterocycles. The molecule has 2 aliphatic rings. The van der Waals surface area contributed by atoms with Crippen molar-refractivity contribution >= 4 is 15.7 Å². The molecule has 14 heteroatoms. The van der Waals surface area contributed by atoms with Gasteiger partial charge in [-0.25, -0.2) is 17.2 Å². The highest BCUT2D eigenvalue weighted by molar-refractivity contribution is 7.92. The molecule has 4 rings (SSSR count). The van der Waals surface area contributed by atoms with Gasteiger partial charge in [-0.3, -0.25) is 4.79 Å². The molecule has 1 saturated heterocycles. The zero-order valence-electron chi connectivity index (χ0n) is 20.8. The Morgan fingerprint density at radius 3 is 1.88 bits per heavy atom. The fourth-order valence-electron chi connectivity index (χ4n) is 5.49. The van der Waals surface area contributed by atoms with Crippen LogP contribution in [0.1, 0.15) is 43.2 Å². The summed E-state index contributed by atoms with van der Waals surface area (Å²) in [6, 6.07) is 5.54. The fourth-order valence-corrected chi connectivity index (χ4v) is 7.57. The second-order valence-corrected chi connectivity index (χ2v) is 12.5. The van der Waals surface area contributed by atoms with Crippen LogP contribution in [-0.4, -0.2) is 55.9 Å². The lowest BCUT2D eigenvalue weighted by molar-refractivity contribution is -0.348. The minimum atomic E-state index is -6.35. The fraction of sp³-hybridized carbons (Fsp3) is 0.500. The predicted octanol–water partition coefficient (Wildman–Crippen LogP) is 5.57. The molecule has 1 N–H and O–H groups in total. The number of carbonyl (C=O) groups is 1. The van der Waals surface area contributed by atoms with Gasteiger partial charge in [-0.15, -0.1) is 0 Å². The Balaban J connectivity index is 1.78. The molecule has 1 amide bonds. The van der Waals surface area contributed by atoms with Crippen LogP contribution in [0.25, 0.3) is 0 Å². The molecule has 1 saturated carbocycles. The van der Waals surface area contributed by atoms with Crippen molar-refractivity contribution in [2.24, 2.45) is 5.92 Å². The van der Waals surface area contributed by atoms with Crippen LogP contribution in [0.2, 0.25) is 0 Å². The van der Waals surface area contributed by atoms with Gasteiger partial charge in [-0.2, -0.15) is 26.3 Å². The van der Waals surface area contributed by atoms with E-state index in [-0.39, 0.29) is 35.6 Å². The van der Waals surface area contributed by atoms with Crippen molar-refractivity contribution in [3.8, 4) is 0 Å². The lowest BCUT2D eigenvalue weighted by Crippen LogP contribution is -2.50. The summed E-state index contributed by atoms with van der Waals surface area (Å²) in [4.78, 5) is 14.1. The van der Waals surface area contributed by atoms with Crippen LogP contribution in [0.5, 0.6) is 0 Å². The van der Waals surface area contributed by atoms with Crippen LogP contribution in [0, 0.1) is 11.7 Å². The first-order chi connectivity index (χ1) is 18.4. The molecule has 0 radical (unpaired) electrons. The first-order valence-corrected chi connectivity index (χ1v) is 13.8. The summed E-state index contributed by atoms with van der Waals surface area (Å²) in [7, 11) is -4.52. The van der Waals surface area contributed by atoms with E-state index < -0.39 is 68.5 Å². The highest BCUT2D eigenvalue weighted by Crippen LogP contribution is 2.54. The van der Waals surface area contributed by atoms with Gasteiger partial charge in [0.05, 0.1) is 11.0 Å². The van der Waals surface area contributed by atoms with Gasteiger partial charge >= 0.3 is 18.0 Å². The van der Waals surface area contributed by atoms with Gasteiger partial charge in [-0.05, 0) is 61.9 Å². The average molecular weight is 600 g/mol. The summed E-state index contributed by atoms with van der Waals surface area (Å²) in [5.74, 6) is -1.64. The number of hydrogen-bond donors (Lipinski definition) is 1. The van der Waals surface area contributed by atoms with E-state index in [1.807, 2.05) is 0 Å². The molecule has 0 bridgehead atoms. The highest BCUT2D eigenvalue weighted by atomic mass is 32.2. The van der Waals surface area contributed by atoms with Crippen molar-refractivity contribution in [1.82, 2.24) is 4.90 Å². The van der Waals surface area contributed by atoms with E-state index in [4.69, 9.17) is 0 Å². The topological polar surface area (TPSA) is 74.7 Å². The van der Waals surface area contributed by atoms with E-state index in [0.29, 0.717) is 37.8 Å². The summed E-state index contributed by atoms with van der Waals surface area (Å²) in [5, 5.41) is 9.74. The van der Waals surface area contributed by atoms with Crippen LogP contribution in [-0.2, 0) is 25.0 Å². The number of amides is 1. The number of alkyl halides is 7. The van der Waals surface area contributed by atoms with E-state index in [1.54, 1.807) is 0 Å². The van der Waals surface area contributed by atoms with Crippen molar-refractivity contribution in [2.45, 2.75) is 65.9 Å². The Kier molecular flexibility index (Phi) is 7.76. The maximum Gasteiger partial charge on any atom is 0.435 e. The Hall–Kier alpha value is -2.74. The van der Waals surface area contributed by atoms with Crippen molar-refractivity contribution in [2.75, 3.05) is 13.1 Å².